The van der Waals surface area contributed by atoms with Crippen molar-refractivity contribution in [1.29, 1.82) is 0 Å². The van der Waals surface area contributed by atoms with Crippen LogP contribution in [0.25, 0.3) is 0 Å². The minimum Gasteiger partial charge on any atom is -0.506 e. The van der Waals surface area contributed by atoms with E-state index in [0.29, 0.717) is 12.4 Å². The number of phenols is 1. The Morgan fingerprint density at radius 2 is 1.74 bits per heavy atom. The largest absolute Gasteiger partial charge is 0.506 e. The lowest BCUT2D eigenvalue weighted by Crippen LogP contribution is -3.15. The Morgan fingerprint density at radius 1 is 1.04 bits per heavy atom. The van der Waals surface area contributed by atoms with Gasteiger partial charge < -0.3 is 19.6 Å². The molecule has 23 heavy (non-hydrogen) atoms. The minimum absolute atomic E-state index is 0.363. The number of ether oxygens (including phenoxy) is 1. The molecule has 1 heterocycles. The Bertz CT molecular complexity index is 625. The molecule has 0 amide bonds. The topological polar surface area (TPSA) is 37.1 Å². The van der Waals surface area contributed by atoms with Gasteiger partial charge in [-0.1, -0.05) is 23.7 Å². The van der Waals surface area contributed by atoms with Crippen molar-refractivity contribution in [2.24, 2.45) is 0 Å². The second-order valence-electron chi connectivity index (χ2n) is 5.78. The molecule has 1 aliphatic heterocycles. The number of aromatic hydroxyl groups is 1. The van der Waals surface area contributed by atoms with Gasteiger partial charge in [-0.2, -0.15) is 0 Å². The molecule has 0 saturated carbocycles. The zero-order chi connectivity index (χ0) is 16.1. The van der Waals surface area contributed by atoms with Gasteiger partial charge in [-0.05, 0) is 36.4 Å². The fourth-order valence-corrected chi connectivity index (χ4v) is 3.02. The van der Waals surface area contributed by atoms with Gasteiger partial charge in [0.15, 0.2) is 0 Å². The van der Waals surface area contributed by atoms with Crippen LogP contribution in [0.15, 0.2) is 48.5 Å². The Labute approximate surface area is 141 Å². The standard InChI is InChI=1S/C18H21ClN2O2/c19-15-5-7-16(8-6-15)23-14-13-20-9-11-21(12-10-20)17-3-1-2-4-18(17)22/h1-8,22H,9-14H2/p+1. The van der Waals surface area contributed by atoms with Crippen LogP contribution >= 0.6 is 11.6 Å². The van der Waals surface area contributed by atoms with E-state index in [0.717, 1.165) is 49.2 Å². The number of nitrogens with one attached hydrogen (secondary N) is 1. The van der Waals surface area contributed by atoms with Crippen molar-refractivity contribution in [2.45, 2.75) is 0 Å². The van der Waals surface area contributed by atoms with Gasteiger partial charge in [0.2, 0.25) is 0 Å². The van der Waals surface area contributed by atoms with Crippen LogP contribution in [0.5, 0.6) is 11.5 Å². The van der Waals surface area contributed by atoms with Crippen molar-refractivity contribution < 1.29 is 14.7 Å². The fourth-order valence-electron chi connectivity index (χ4n) is 2.89. The molecule has 122 valence electrons. The Hall–Kier alpha value is -1.91. The van der Waals surface area contributed by atoms with Crippen molar-refractivity contribution >= 4 is 17.3 Å². The summed E-state index contributed by atoms with van der Waals surface area (Å²) in [6, 6.07) is 15.0. The number of anilines is 1. The van der Waals surface area contributed by atoms with E-state index >= 15 is 0 Å². The molecule has 5 heteroatoms. The summed E-state index contributed by atoms with van der Waals surface area (Å²) >= 11 is 5.86. The van der Waals surface area contributed by atoms with Crippen LogP contribution in [0, 0.1) is 0 Å². The highest BCUT2D eigenvalue weighted by Crippen LogP contribution is 2.25. The van der Waals surface area contributed by atoms with Crippen LogP contribution in [-0.4, -0.2) is 44.4 Å². The normalized spacial score (nSPS) is 15.6. The van der Waals surface area contributed by atoms with E-state index in [1.54, 1.807) is 6.07 Å². The van der Waals surface area contributed by atoms with E-state index in [1.165, 1.54) is 4.90 Å². The molecule has 0 unspecified atom stereocenters. The highest BCUT2D eigenvalue weighted by Gasteiger charge is 2.21. The summed E-state index contributed by atoms with van der Waals surface area (Å²) in [7, 11) is 0. The lowest BCUT2D eigenvalue weighted by molar-refractivity contribution is -0.900. The van der Waals surface area contributed by atoms with Gasteiger partial charge >= 0.3 is 0 Å². The SMILES string of the molecule is Oc1ccccc1N1CC[NH+](CCOc2ccc(Cl)cc2)CC1. The maximum absolute atomic E-state index is 9.94. The Morgan fingerprint density at radius 3 is 2.43 bits per heavy atom. The van der Waals surface area contributed by atoms with Crippen molar-refractivity contribution in [3.63, 3.8) is 0 Å². The van der Waals surface area contributed by atoms with Crippen LogP contribution in [0.4, 0.5) is 5.69 Å². The molecule has 2 aromatic rings. The van der Waals surface area contributed by atoms with Gasteiger partial charge in [-0.15, -0.1) is 0 Å². The number of halogens is 1. The molecular formula is C18H22ClN2O2+. The maximum atomic E-state index is 9.94. The second kappa shape index (κ2) is 7.57. The number of hydrogen-bond donors (Lipinski definition) is 2. The molecule has 3 rings (SSSR count). The average Bonchev–Trinajstić information content (AvgIpc) is 2.58. The van der Waals surface area contributed by atoms with E-state index in [4.69, 9.17) is 16.3 Å². The zero-order valence-corrected chi connectivity index (χ0v) is 13.8. The Balaban J connectivity index is 1.43. The summed E-state index contributed by atoms with van der Waals surface area (Å²) in [6.07, 6.45) is 0. The van der Waals surface area contributed by atoms with Gasteiger partial charge in [-0.25, -0.2) is 0 Å². The molecule has 0 spiro atoms. The monoisotopic (exact) mass is 333 g/mol. The number of nitrogens with zero attached hydrogens (tertiary/aromatic N) is 1. The molecule has 0 aromatic heterocycles. The molecule has 2 N–H and O–H groups in total. The molecule has 0 aliphatic carbocycles. The molecule has 0 atom stereocenters. The zero-order valence-electron chi connectivity index (χ0n) is 13.0. The Kier molecular flexibility index (Phi) is 5.26. The predicted molar refractivity (Wildman–Crippen MR) is 92.8 cm³/mol. The predicted octanol–water partition coefficient (Wildman–Crippen LogP) is 1.83. The number of piperazine rings is 1. The summed E-state index contributed by atoms with van der Waals surface area (Å²) in [4.78, 5) is 3.78. The molecular weight excluding hydrogens is 312 g/mol. The number of hydrogen-bond acceptors (Lipinski definition) is 3. The molecule has 0 bridgehead atoms. The van der Waals surface area contributed by atoms with Crippen LogP contribution in [0.1, 0.15) is 0 Å². The summed E-state index contributed by atoms with van der Waals surface area (Å²) in [5.74, 6) is 1.23. The third-order valence-corrected chi connectivity index (χ3v) is 4.48. The molecule has 2 aromatic carbocycles. The smallest absolute Gasteiger partial charge is 0.138 e. The van der Waals surface area contributed by atoms with E-state index in [-0.39, 0.29) is 0 Å². The van der Waals surface area contributed by atoms with Crippen molar-refractivity contribution in [2.75, 3.05) is 44.2 Å². The third kappa shape index (κ3) is 4.30. The summed E-state index contributed by atoms with van der Waals surface area (Å²) in [5, 5.41) is 10.7. The van der Waals surface area contributed by atoms with Crippen LogP contribution < -0.4 is 14.5 Å². The number of rotatable bonds is 5. The quantitative estimate of drug-likeness (QED) is 0.876. The van der Waals surface area contributed by atoms with Crippen LogP contribution in [-0.2, 0) is 0 Å². The second-order valence-corrected chi connectivity index (χ2v) is 6.21. The number of quaternary nitrogens is 1. The maximum Gasteiger partial charge on any atom is 0.138 e. The van der Waals surface area contributed by atoms with E-state index in [1.807, 2.05) is 42.5 Å². The van der Waals surface area contributed by atoms with Gasteiger partial charge in [0.05, 0.1) is 31.9 Å². The summed E-state index contributed by atoms with van der Waals surface area (Å²) in [5.41, 5.74) is 0.934. The highest BCUT2D eigenvalue weighted by atomic mass is 35.5. The van der Waals surface area contributed by atoms with Gasteiger partial charge in [-0.3, -0.25) is 0 Å². The number of para-hydroxylation sites is 2. The molecule has 1 aliphatic rings. The van der Waals surface area contributed by atoms with Gasteiger partial charge in [0.25, 0.3) is 0 Å². The first-order valence-corrected chi connectivity index (χ1v) is 8.35. The third-order valence-electron chi connectivity index (χ3n) is 4.23. The van der Waals surface area contributed by atoms with E-state index in [2.05, 4.69) is 4.90 Å². The first-order chi connectivity index (χ1) is 11.2. The fraction of sp³-hybridized carbons (Fsp3) is 0.333. The summed E-state index contributed by atoms with van der Waals surface area (Å²) in [6.45, 7) is 5.70. The van der Waals surface area contributed by atoms with Crippen molar-refractivity contribution in [1.82, 2.24) is 0 Å². The van der Waals surface area contributed by atoms with Crippen LogP contribution in [0.2, 0.25) is 5.02 Å². The first kappa shape index (κ1) is 16.0. The van der Waals surface area contributed by atoms with Crippen molar-refractivity contribution in [3.05, 3.63) is 53.6 Å². The van der Waals surface area contributed by atoms with E-state index < -0.39 is 0 Å². The number of benzene rings is 2. The van der Waals surface area contributed by atoms with Crippen LogP contribution in [0.3, 0.4) is 0 Å². The first-order valence-electron chi connectivity index (χ1n) is 7.97. The number of phenolic OH excluding ortho intramolecular Hbond substituents is 1. The highest BCUT2D eigenvalue weighted by molar-refractivity contribution is 6.30. The minimum atomic E-state index is 0.363. The summed E-state index contributed by atoms with van der Waals surface area (Å²) < 4.78 is 5.76. The average molecular weight is 334 g/mol. The van der Waals surface area contributed by atoms with Gasteiger partial charge in [0, 0.05) is 5.02 Å². The molecule has 1 fully saturated rings. The lowest BCUT2D eigenvalue weighted by Gasteiger charge is -2.33. The van der Waals surface area contributed by atoms with Crippen molar-refractivity contribution in [3.8, 4) is 11.5 Å². The molecule has 4 nitrogen and oxygen atoms in total. The molecule has 0 radical (unpaired) electrons. The lowest BCUT2D eigenvalue weighted by atomic mass is 10.2. The van der Waals surface area contributed by atoms with Gasteiger partial charge in [0.1, 0.15) is 24.7 Å². The molecule has 1 saturated heterocycles. The van der Waals surface area contributed by atoms with E-state index in [9.17, 15) is 5.11 Å².